The predicted octanol–water partition coefficient (Wildman–Crippen LogP) is 11.9. The van der Waals surface area contributed by atoms with Crippen LogP contribution in [0.2, 0.25) is 0 Å². The van der Waals surface area contributed by atoms with E-state index >= 15 is 0 Å². The minimum absolute atomic E-state index is 0.00519. The van der Waals surface area contributed by atoms with Crippen LogP contribution in [0.15, 0.2) is 78.1 Å². The zero-order valence-corrected chi connectivity index (χ0v) is 30.5. The van der Waals surface area contributed by atoms with Gasteiger partial charge in [0.25, 0.3) is 9.03 Å². The van der Waals surface area contributed by atoms with Crippen LogP contribution >= 0.6 is 9.03 Å². The third-order valence-corrected chi connectivity index (χ3v) is 8.52. The molecule has 45 heavy (non-hydrogen) atoms. The second-order valence-electron chi connectivity index (χ2n) is 12.9. The van der Waals surface area contributed by atoms with Gasteiger partial charge in [0.15, 0.2) is 0 Å². The lowest BCUT2D eigenvalue weighted by atomic mass is 9.87. The molecule has 0 saturated carbocycles. The van der Waals surface area contributed by atoms with E-state index in [1.54, 1.807) is 0 Å². The summed E-state index contributed by atoms with van der Waals surface area (Å²) in [5.41, 5.74) is 11.1. The van der Waals surface area contributed by atoms with E-state index in [9.17, 15) is 0 Å². The summed E-state index contributed by atoms with van der Waals surface area (Å²) in [7, 11) is -0.175. The molecular weight excluding hydrogens is 575 g/mol. The van der Waals surface area contributed by atoms with E-state index in [-0.39, 0.29) is 21.7 Å². The Morgan fingerprint density at radius 1 is 0.778 bits per heavy atom. The van der Waals surface area contributed by atoms with Crippen molar-refractivity contribution in [3.05, 3.63) is 123 Å². The van der Waals surface area contributed by atoms with Crippen molar-refractivity contribution >= 4 is 9.03 Å². The van der Waals surface area contributed by atoms with Crippen molar-refractivity contribution in [2.75, 3.05) is 6.79 Å². The topological polar surface area (TPSA) is 36.9 Å². The highest BCUT2D eigenvalue weighted by atomic mass is 31.1. The molecule has 0 bridgehead atoms. The van der Waals surface area contributed by atoms with Gasteiger partial charge in [-0.3, -0.25) is 0 Å². The summed E-state index contributed by atoms with van der Waals surface area (Å²) >= 11 is 0. The van der Waals surface area contributed by atoms with Crippen molar-refractivity contribution in [3.63, 3.8) is 0 Å². The molecular formula is C40H53O4P. The van der Waals surface area contributed by atoms with Crippen LogP contribution in [0.3, 0.4) is 0 Å². The van der Waals surface area contributed by atoms with E-state index in [1.807, 2.05) is 19.9 Å². The fourth-order valence-electron chi connectivity index (χ4n) is 5.78. The van der Waals surface area contributed by atoms with Crippen LogP contribution < -0.4 is 13.8 Å². The van der Waals surface area contributed by atoms with Gasteiger partial charge in [0.1, 0.15) is 23.0 Å². The third-order valence-electron chi connectivity index (χ3n) is 7.93. The van der Waals surface area contributed by atoms with Gasteiger partial charge < -0.3 is 18.5 Å². The Bertz CT molecular complexity index is 1560. The highest BCUT2D eigenvalue weighted by Crippen LogP contribution is 2.43. The van der Waals surface area contributed by atoms with E-state index in [1.165, 1.54) is 22.3 Å². The van der Waals surface area contributed by atoms with Crippen LogP contribution in [0.4, 0.5) is 0 Å². The summed E-state index contributed by atoms with van der Waals surface area (Å²) in [6.07, 6.45) is 4.08. The number of hydrogen-bond acceptors (Lipinski definition) is 4. The van der Waals surface area contributed by atoms with Gasteiger partial charge in [-0.2, -0.15) is 0 Å². The number of aryl methyl sites for hydroxylation is 5. The minimum Gasteiger partial charge on any atom is -0.457 e. The van der Waals surface area contributed by atoms with Gasteiger partial charge in [-0.05, 0) is 100 Å². The van der Waals surface area contributed by atoms with Crippen molar-refractivity contribution in [1.29, 1.82) is 0 Å². The number of benzene rings is 3. The summed E-state index contributed by atoms with van der Waals surface area (Å²) in [6.45, 7) is 29.6. The SMILES string of the molecule is C=C(C)/C=C(OCOc1c(C)cc(C)cc1C(C)c1cc(C)cc(C)c1OPOc1cc(C)ccc1C(C)C)\C(=C/C)C(C)C. The largest absolute Gasteiger partial charge is 0.457 e. The molecule has 0 saturated heterocycles. The zero-order valence-electron chi connectivity index (χ0n) is 29.5. The Kier molecular flexibility index (Phi) is 12.9. The van der Waals surface area contributed by atoms with E-state index in [0.717, 1.165) is 56.4 Å². The van der Waals surface area contributed by atoms with Crippen molar-refractivity contribution < 1.29 is 18.5 Å². The van der Waals surface area contributed by atoms with E-state index < -0.39 is 0 Å². The maximum absolute atomic E-state index is 6.47. The Morgan fingerprint density at radius 2 is 1.38 bits per heavy atom. The van der Waals surface area contributed by atoms with Crippen molar-refractivity contribution in [2.45, 2.75) is 94.9 Å². The van der Waals surface area contributed by atoms with E-state index in [0.29, 0.717) is 11.8 Å². The average molecular weight is 629 g/mol. The maximum atomic E-state index is 6.47. The average Bonchev–Trinajstić information content (AvgIpc) is 2.94. The first-order valence-corrected chi connectivity index (χ1v) is 16.8. The van der Waals surface area contributed by atoms with E-state index in [4.69, 9.17) is 18.5 Å². The third kappa shape index (κ3) is 9.50. The lowest BCUT2D eigenvalue weighted by Gasteiger charge is -2.24. The van der Waals surface area contributed by atoms with Gasteiger partial charge >= 0.3 is 0 Å². The minimum atomic E-state index is -0.175. The van der Waals surface area contributed by atoms with Crippen LogP contribution in [-0.4, -0.2) is 6.79 Å². The highest BCUT2D eigenvalue weighted by molar-refractivity contribution is 7.27. The molecule has 242 valence electrons. The fourth-order valence-corrected chi connectivity index (χ4v) is 6.45. The molecule has 0 radical (unpaired) electrons. The molecule has 0 aromatic heterocycles. The Labute approximate surface area is 274 Å². The normalized spacial score (nSPS) is 13.1. The number of rotatable bonds is 14. The lowest BCUT2D eigenvalue weighted by Crippen LogP contribution is -2.11. The molecule has 2 unspecified atom stereocenters. The zero-order chi connectivity index (χ0) is 33.4. The highest BCUT2D eigenvalue weighted by Gasteiger charge is 2.23. The molecule has 3 aromatic carbocycles. The first kappa shape index (κ1) is 36.0. The maximum Gasteiger partial charge on any atom is 0.275 e. The molecule has 5 heteroatoms. The van der Waals surface area contributed by atoms with Gasteiger partial charge in [0.05, 0.1) is 0 Å². The molecule has 0 aliphatic carbocycles. The molecule has 3 rings (SSSR count). The lowest BCUT2D eigenvalue weighted by molar-refractivity contribution is 0.0620. The second kappa shape index (κ2) is 16.2. The Hall–Kier alpha value is -3.49. The van der Waals surface area contributed by atoms with Crippen LogP contribution in [0.1, 0.15) is 105 Å². The van der Waals surface area contributed by atoms with Gasteiger partial charge in [0, 0.05) is 17.0 Å². The molecule has 0 amide bonds. The van der Waals surface area contributed by atoms with Gasteiger partial charge in [-0.15, -0.1) is 0 Å². The van der Waals surface area contributed by atoms with Crippen LogP contribution in [-0.2, 0) is 4.74 Å². The number of ether oxygens (including phenoxy) is 2. The van der Waals surface area contributed by atoms with E-state index in [2.05, 4.69) is 124 Å². The van der Waals surface area contributed by atoms with Crippen LogP contribution in [0.25, 0.3) is 0 Å². The number of allylic oxidation sites excluding steroid dienone is 4. The molecule has 0 heterocycles. The van der Waals surface area contributed by atoms with Crippen LogP contribution in [0, 0.1) is 40.5 Å². The summed E-state index contributed by atoms with van der Waals surface area (Å²) in [6, 6.07) is 15.1. The van der Waals surface area contributed by atoms with Gasteiger partial charge in [0.2, 0.25) is 6.79 Å². The monoisotopic (exact) mass is 628 g/mol. The smallest absolute Gasteiger partial charge is 0.275 e. The number of hydrogen-bond donors (Lipinski definition) is 0. The van der Waals surface area contributed by atoms with Crippen molar-refractivity contribution in [3.8, 4) is 17.2 Å². The molecule has 3 aromatic rings. The van der Waals surface area contributed by atoms with Crippen LogP contribution in [0.5, 0.6) is 17.2 Å². The molecule has 4 nitrogen and oxygen atoms in total. The van der Waals surface area contributed by atoms with Gasteiger partial charge in [-0.25, -0.2) is 0 Å². The molecule has 0 N–H and O–H groups in total. The fraction of sp³-hybridized carbons (Fsp3) is 0.400. The molecule has 2 atom stereocenters. The first-order valence-electron chi connectivity index (χ1n) is 15.9. The van der Waals surface area contributed by atoms with Crippen molar-refractivity contribution in [2.24, 2.45) is 5.92 Å². The summed E-state index contributed by atoms with van der Waals surface area (Å²) in [5, 5.41) is 0. The first-order chi connectivity index (χ1) is 21.2. The van der Waals surface area contributed by atoms with Crippen molar-refractivity contribution in [1.82, 2.24) is 0 Å². The summed E-state index contributed by atoms with van der Waals surface area (Å²) in [4.78, 5) is 0. The molecule has 0 aliphatic heterocycles. The van der Waals surface area contributed by atoms with Gasteiger partial charge in [-0.1, -0.05) is 100 Å². The molecule has 0 fully saturated rings. The molecule has 0 spiro atoms. The predicted molar refractivity (Wildman–Crippen MR) is 192 cm³/mol. The second-order valence-corrected chi connectivity index (χ2v) is 13.4. The Morgan fingerprint density at radius 3 is 1.93 bits per heavy atom. The standard InChI is InChI=1S/C40H53O4P/c1-14-33(25(4)5)37(17-24(2)3)41-23-42-39-30(11)18-28(9)20-35(39)32(13)36-21-29(10)19-31(12)40(36)44-45-43-38-22-27(8)15-16-34(38)26(6)7/h14-22,25-26,32,45H,2,23H2,1,3-13H3/b33-14-,37-17+. The summed E-state index contributed by atoms with van der Waals surface area (Å²) < 4.78 is 25.5. The molecule has 0 aliphatic rings. The summed E-state index contributed by atoms with van der Waals surface area (Å²) in [5.74, 6) is 4.02. The Balaban J connectivity index is 1.93. The quantitative estimate of drug-likeness (QED) is 0.0770.